The molecule has 0 aliphatic heterocycles. The SMILES string of the molecule is Cc1ccccc1CC(=O)Nc1cnc(Cl)cn1. The van der Waals surface area contributed by atoms with Gasteiger partial charge in [0.15, 0.2) is 5.82 Å². The number of halogens is 1. The molecule has 0 radical (unpaired) electrons. The smallest absolute Gasteiger partial charge is 0.229 e. The van der Waals surface area contributed by atoms with Crippen LogP contribution in [-0.2, 0) is 11.2 Å². The monoisotopic (exact) mass is 261 g/mol. The molecular formula is C13H12ClN3O. The van der Waals surface area contributed by atoms with Gasteiger partial charge in [-0.2, -0.15) is 0 Å². The topological polar surface area (TPSA) is 54.9 Å². The molecule has 2 aromatic rings. The van der Waals surface area contributed by atoms with E-state index in [0.29, 0.717) is 17.4 Å². The number of carbonyl (C=O) groups excluding carboxylic acids is 1. The number of amides is 1. The Hall–Kier alpha value is -1.94. The van der Waals surface area contributed by atoms with E-state index in [1.54, 1.807) is 0 Å². The van der Waals surface area contributed by atoms with Crippen LogP contribution >= 0.6 is 11.6 Å². The minimum Gasteiger partial charge on any atom is -0.309 e. The van der Waals surface area contributed by atoms with Gasteiger partial charge in [0, 0.05) is 0 Å². The summed E-state index contributed by atoms with van der Waals surface area (Å²) in [6.45, 7) is 1.98. The van der Waals surface area contributed by atoms with Gasteiger partial charge in [0.2, 0.25) is 5.91 Å². The summed E-state index contributed by atoms with van der Waals surface area (Å²) in [7, 11) is 0. The summed E-state index contributed by atoms with van der Waals surface area (Å²) in [5, 5.41) is 2.97. The zero-order valence-electron chi connectivity index (χ0n) is 9.85. The second-order valence-corrected chi connectivity index (χ2v) is 4.26. The molecule has 1 N–H and O–H groups in total. The van der Waals surface area contributed by atoms with Crippen molar-refractivity contribution in [3.05, 3.63) is 52.9 Å². The summed E-state index contributed by atoms with van der Waals surface area (Å²) in [4.78, 5) is 19.6. The van der Waals surface area contributed by atoms with Crippen LogP contribution in [0.2, 0.25) is 5.15 Å². The summed E-state index contributed by atoms with van der Waals surface area (Å²) in [6, 6.07) is 7.77. The van der Waals surface area contributed by atoms with Gasteiger partial charge in [-0.1, -0.05) is 35.9 Å². The lowest BCUT2D eigenvalue weighted by Gasteiger charge is -2.06. The van der Waals surface area contributed by atoms with Gasteiger partial charge in [0.25, 0.3) is 0 Å². The van der Waals surface area contributed by atoms with Crippen molar-refractivity contribution >= 4 is 23.3 Å². The van der Waals surface area contributed by atoms with Gasteiger partial charge in [-0.05, 0) is 18.1 Å². The van der Waals surface area contributed by atoms with E-state index in [1.165, 1.54) is 12.4 Å². The van der Waals surface area contributed by atoms with Gasteiger partial charge in [-0.15, -0.1) is 0 Å². The lowest BCUT2D eigenvalue weighted by Crippen LogP contribution is -2.16. The van der Waals surface area contributed by atoms with Crippen molar-refractivity contribution < 1.29 is 4.79 Å². The van der Waals surface area contributed by atoms with Crippen LogP contribution in [0.1, 0.15) is 11.1 Å². The highest BCUT2D eigenvalue weighted by Gasteiger charge is 2.06. The molecule has 0 saturated carbocycles. The van der Waals surface area contributed by atoms with E-state index in [1.807, 2.05) is 31.2 Å². The Morgan fingerprint density at radius 1 is 1.28 bits per heavy atom. The van der Waals surface area contributed by atoms with Crippen LogP contribution in [0.4, 0.5) is 5.82 Å². The molecule has 0 spiro atoms. The maximum atomic E-state index is 11.8. The van der Waals surface area contributed by atoms with E-state index in [-0.39, 0.29) is 5.91 Å². The molecule has 0 fully saturated rings. The van der Waals surface area contributed by atoms with E-state index in [0.717, 1.165) is 11.1 Å². The first-order valence-electron chi connectivity index (χ1n) is 5.47. The zero-order chi connectivity index (χ0) is 13.0. The third-order valence-corrected chi connectivity index (χ3v) is 2.70. The molecular weight excluding hydrogens is 250 g/mol. The van der Waals surface area contributed by atoms with Gasteiger partial charge >= 0.3 is 0 Å². The molecule has 2 rings (SSSR count). The average Bonchev–Trinajstić information content (AvgIpc) is 2.35. The first-order valence-corrected chi connectivity index (χ1v) is 5.85. The molecule has 0 bridgehead atoms. The van der Waals surface area contributed by atoms with Gasteiger partial charge in [-0.25, -0.2) is 9.97 Å². The fraction of sp³-hybridized carbons (Fsp3) is 0.154. The summed E-state index contributed by atoms with van der Waals surface area (Å²) in [5.74, 6) is 0.277. The average molecular weight is 262 g/mol. The third kappa shape index (κ3) is 3.28. The maximum Gasteiger partial charge on any atom is 0.229 e. The first kappa shape index (κ1) is 12.5. The van der Waals surface area contributed by atoms with Crippen LogP contribution in [0.3, 0.4) is 0 Å². The Balaban J connectivity index is 2.01. The molecule has 1 heterocycles. The van der Waals surface area contributed by atoms with E-state index >= 15 is 0 Å². The Morgan fingerprint density at radius 3 is 2.72 bits per heavy atom. The molecule has 1 aromatic carbocycles. The number of hydrogen-bond acceptors (Lipinski definition) is 3. The molecule has 1 aromatic heterocycles. The van der Waals surface area contributed by atoms with Crippen LogP contribution in [0.5, 0.6) is 0 Å². The molecule has 4 nitrogen and oxygen atoms in total. The minimum absolute atomic E-state index is 0.124. The summed E-state index contributed by atoms with van der Waals surface area (Å²) in [6.07, 6.45) is 3.14. The fourth-order valence-electron chi connectivity index (χ4n) is 1.55. The lowest BCUT2D eigenvalue weighted by molar-refractivity contribution is -0.115. The quantitative estimate of drug-likeness (QED) is 0.924. The van der Waals surface area contributed by atoms with Gasteiger partial charge in [0.1, 0.15) is 5.15 Å². The van der Waals surface area contributed by atoms with E-state index in [9.17, 15) is 4.79 Å². The molecule has 0 aliphatic rings. The van der Waals surface area contributed by atoms with Crippen LogP contribution in [0.15, 0.2) is 36.7 Å². The predicted octanol–water partition coefficient (Wildman–Crippen LogP) is 2.62. The highest BCUT2D eigenvalue weighted by Crippen LogP contribution is 2.10. The molecule has 5 heteroatoms. The van der Waals surface area contributed by atoms with Gasteiger partial charge in [-0.3, -0.25) is 4.79 Å². The van der Waals surface area contributed by atoms with Crippen molar-refractivity contribution in [1.82, 2.24) is 9.97 Å². The molecule has 92 valence electrons. The number of nitrogens with zero attached hydrogens (tertiary/aromatic N) is 2. The maximum absolute atomic E-state index is 11.8. The van der Waals surface area contributed by atoms with Gasteiger partial charge < -0.3 is 5.32 Å². The zero-order valence-corrected chi connectivity index (χ0v) is 10.6. The highest BCUT2D eigenvalue weighted by molar-refractivity contribution is 6.29. The molecule has 1 amide bonds. The van der Waals surface area contributed by atoms with Crippen molar-refractivity contribution in [2.24, 2.45) is 0 Å². The summed E-state index contributed by atoms with van der Waals surface area (Å²) < 4.78 is 0. The third-order valence-electron chi connectivity index (χ3n) is 2.50. The van der Waals surface area contributed by atoms with Crippen molar-refractivity contribution in [3.8, 4) is 0 Å². The van der Waals surface area contributed by atoms with Crippen molar-refractivity contribution in [2.75, 3.05) is 5.32 Å². The molecule has 0 saturated heterocycles. The second kappa shape index (κ2) is 5.60. The first-order chi connectivity index (χ1) is 8.65. The van der Waals surface area contributed by atoms with E-state index in [4.69, 9.17) is 11.6 Å². The summed E-state index contributed by atoms with van der Waals surface area (Å²) in [5.41, 5.74) is 2.09. The molecule has 0 aliphatic carbocycles. The number of carbonyl (C=O) groups is 1. The number of anilines is 1. The second-order valence-electron chi connectivity index (χ2n) is 3.88. The number of rotatable bonds is 3. The standard InChI is InChI=1S/C13H12ClN3O/c1-9-4-2-3-5-10(9)6-13(18)17-12-8-15-11(14)7-16-12/h2-5,7-8H,6H2,1H3,(H,16,17,18). The highest BCUT2D eigenvalue weighted by atomic mass is 35.5. The van der Waals surface area contributed by atoms with Crippen molar-refractivity contribution in [2.45, 2.75) is 13.3 Å². The van der Waals surface area contributed by atoms with Crippen LogP contribution in [0.25, 0.3) is 0 Å². The van der Waals surface area contributed by atoms with Crippen molar-refractivity contribution in [3.63, 3.8) is 0 Å². The minimum atomic E-state index is -0.124. The number of aryl methyl sites for hydroxylation is 1. The largest absolute Gasteiger partial charge is 0.309 e. The van der Waals surface area contributed by atoms with Crippen LogP contribution < -0.4 is 5.32 Å². The molecule has 18 heavy (non-hydrogen) atoms. The van der Waals surface area contributed by atoms with Crippen molar-refractivity contribution in [1.29, 1.82) is 0 Å². The fourth-order valence-corrected chi connectivity index (χ4v) is 1.64. The Kier molecular flexibility index (Phi) is 3.89. The number of hydrogen-bond donors (Lipinski definition) is 1. The number of nitrogens with one attached hydrogen (secondary N) is 1. The normalized spacial score (nSPS) is 10.1. The van der Waals surface area contributed by atoms with Gasteiger partial charge in [0.05, 0.1) is 18.8 Å². The Bertz CT molecular complexity index is 554. The summed E-state index contributed by atoms with van der Waals surface area (Å²) >= 11 is 5.61. The molecule has 0 atom stereocenters. The van der Waals surface area contributed by atoms with E-state index in [2.05, 4.69) is 15.3 Å². The molecule has 0 unspecified atom stereocenters. The van der Waals surface area contributed by atoms with E-state index < -0.39 is 0 Å². The predicted molar refractivity (Wildman–Crippen MR) is 70.6 cm³/mol. The number of benzene rings is 1. The Labute approximate surface area is 110 Å². The van der Waals surface area contributed by atoms with Crippen LogP contribution in [0, 0.1) is 6.92 Å². The lowest BCUT2D eigenvalue weighted by atomic mass is 10.1. The van der Waals surface area contributed by atoms with Crippen LogP contribution in [-0.4, -0.2) is 15.9 Å². The number of aromatic nitrogens is 2. The Morgan fingerprint density at radius 2 is 2.06 bits per heavy atom.